The highest BCUT2D eigenvalue weighted by Crippen LogP contribution is 2.27. The maximum atomic E-state index is 6.37. The number of nitrogens with zero attached hydrogens (tertiary/aromatic N) is 2. The number of fused-ring (bicyclic) bond motifs is 1. The average Bonchev–Trinajstić information content (AvgIpc) is 2.82. The second-order valence-corrected chi connectivity index (χ2v) is 5.44. The second-order valence-electron chi connectivity index (χ2n) is 5.03. The van der Waals surface area contributed by atoms with Gasteiger partial charge in [-0.15, -0.1) is 0 Å². The second kappa shape index (κ2) is 4.93. The number of aryl methyl sites for hydroxylation is 2. The van der Waals surface area contributed by atoms with Crippen molar-refractivity contribution >= 4 is 22.6 Å². The number of aromatic nitrogens is 2. The standard InChI is InChI=1S/C16H16ClN3/c1-10-5-14-16(6-11(10)2)20(9-19-14)15-4-3-12(8-18)7-13(15)17/h3-7,9H,8,18H2,1-2H3. The quantitative estimate of drug-likeness (QED) is 0.779. The summed E-state index contributed by atoms with van der Waals surface area (Å²) in [6.45, 7) is 4.69. The average molecular weight is 286 g/mol. The molecular weight excluding hydrogens is 270 g/mol. The lowest BCUT2D eigenvalue weighted by Gasteiger charge is -2.09. The number of imidazole rings is 1. The van der Waals surface area contributed by atoms with E-state index in [9.17, 15) is 0 Å². The van der Waals surface area contributed by atoms with Crippen LogP contribution in [0.2, 0.25) is 5.02 Å². The Morgan fingerprint density at radius 2 is 1.90 bits per heavy atom. The van der Waals surface area contributed by atoms with Crippen LogP contribution in [0, 0.1) is 13.8 Å². The van der Waals surface area contributed by atoms with Crippen molar-refractivity contribution in [1.29, 1.82) is 0 Å². The zero-order valence-electron chi connectivity index (χ0n) is 11.5. The van der Waals surface area contributed by atoms with Gasteiger partial charge in [-0.25, -0.2) is 4.98 Å². The molecule has 0 aliphatic heterocycles. The zero-order valence-corrected chi connectivity index (χ0v) is 12.3. The van der Waals surface area contributed by atoms with E-state index in [0.29, 0.717) is 11.6 Å². The van der Waals surface area contributed by atoms with Gasteiger partial charge in [-0.1, -0.05) is 17.7 Å². The molecule has 2 N–H and O–H groups in total. The molecular formula is C16H16ClN3. The van der Waals surface area contributed by atoms with Gasteiger partial charge in [0.15, 0.2) is 0 Å². The molecule has 0 saturated carbocycles. The van der Waals surface area contributed by atoms with Gasteiger partial charge >= 0.3 is 0 Å². The van der Waals surface area contributed by atoms with E-state index >= 15 is 0 Å². The van der Waals surface area contributed by atoms with Crippen LogP contribution in [0.4, 0.5) is 0 Å². The number of halogens is 1. The van der Waals surface area contributed by atoms with E-state index < -0.39 is 0 Å². The Bertz CT molecular complexity index is 790. The maximum absolute atomic E-state index is 6.37. The van der Waals surface area contributed by atoms with Crippen molar-refractivity contribution in [2.45, 2.75) is 20.4 Å². The lowest BCUT2D eigenvalue weighted by atomic mass is 10.1. The normalized spacial score (nSPS) is 11.2. The number of hydrogen-bond acceptors (Lipinski definition) is 2. The van der Waals surface area contributed by atoms with Gasteiger partial charge in [-0.2, -0.15) is 0 Å². The van der Waals surface area contributed by atoms with Gasteiger partial charge in [-0.3, -0.25) is 4.57 Å². The Morgan fingerprint density at radius 1 is 1.15 bits per heavy atom. The lowest BCUT2D eigenvalue weighted by Crippen LogP contribution is -1.99. The van der Waals surface area contributed by atoms with Crippen molar-refractivity contribution < 1.29 is 0 Å². The molecule has 102 valence electrons. The first kappa shape index (κ1) is 13.2. The maximum Gasteiger partial charge on any atom is 0.100 e. The summed E-state index contributed by atoms with van der Waals surface area (Å²) in [5, 5.41) is 0.686. The van der Waals surface area contributed by atoms with Gasteiger partial charge in [-0.05, 0) is 54.8 Å². The van der Waals surface area contributed by atoms with Crippen LogP contribution in [-0.4, -0.2) is 9.55 Å². The summed E-state index contributed by atoms with van der Waals surface area (Å²) in [6.07, 6.45) is 1.81. The third-order valence-electron chi connectivity index (χ3n) is 3.67. The van der Waals surface area contributed by atoms with E-state index in [0.717, 1.165) is 22.3 Å². The van der Waals surface area contributed by atoms with E-state index in [2.05, 4.69) is 31.0 Å². The van der Waals surface area contributed by atoms with Crippen molar-refractivity contribution in [1.82, 2.24) is 9.55 Å². The Kier molecular flexibility index (Phi) is 3.24. The van der Waals surface area contributed by atoms with Crippen molar-refractivity contribution in [3.8, 4) is 5.69 Å². The molecule has 0 fully saturated rings. The molecule has 0 aliphatic carbocycles. The van der Waals surface area contributed by atoms with Crippen LogP contribution in [0.15, 0.2) is 36.7 Å². The first-order valence-electron chi connectivity index (χ1n) is 6.53. The fourth-order valence-electron chi connectivity index (χ4n) is 2.33. The number of rotatable bonds is 2. The third kappa shape index (κ3) is 2.09. The van der Waals surface area contributed by atoms with E-state index in [4.69, 9.17) is 17.3 Å². The molecule has 2 aromatic carbocycles. The van der Waals surface area contributed by atoms with Crippen LogP contribution in [-0.2, 0) is 6.54 Å². The lowest BCUT2D eigenvalue weighted by molar-refractivity contribution is 1.05. The summed E-state index contributed by atoms with van der Waals surface area (Å²) in [7, 11) is 0. The Labute approximate surface area is 123 Å². The molecule has 0 aliphatic rings. The van der Waals surface area contributed by atoms with Gasteiger partial charge in [0.2, 0.25) is 0 Å². The number of benzene rings is 2. The van der Waals surface area contributed by atoms with Gasteiger partial charge in [0.05, 0.1) is 21.7 Å². The molecule has 1 heterocycles. The highest BCUT2D eigenvalue weighted by atomic mass is 35.5. The predicted octanol–water partition coefficient (Wildman–Crippen LogP) is 3.75. The molecule has 0 radical (unpaired) electrons. The molecule has 3 nitrogen and oxygen atoms in total. The van der Waals surface area contributed by atoms with Crippen LogP contribution >= 0.6 is 11.6 Å². The van der Waals surface area contributed by atoms with Crippen molar-refractivity contribution in [2.24, 2.45) is 5.73 Å². The van der Waals surface area contributed by atoms with Crippen LogP contribution in [0.25, 0.3) is 16.7 Å². The fraction of sp³-hybridized carbons (Fsp3) is 0.188. The monoisotopic (exact) mass is 285 g/mol. The first-order chi connectivity index (χ1) is 9.60. The summed E-state index contributed by atoms with van der Waals surface area (Å²) in [6, 6.07) is 10.1. The van der Waals surface area contributed by atoms with Gasteiger partial charge in [0, 0.05) is 6.54 Å². The molecule has 0 bridgehead atoms. The molecule has 4 heteroatoms. The Hall–Kier alpha value is -1.84. The summed E-state index contributed by atoms with van der Waals surface area (Å²) in [5.41, 5.74) is 12.1. The van der Waals surface area contributed by atoms with Gasteiger partial charge < -0.3 is 5.73 Å². The third-order valence-corrected chi connectivity index (χ3v) is 3.97. The molecule has 3 rings (SSSR count). The van der Waals surface area contributed by atoms with E-state index in [1.54, 1.807) is 0 Å². The zero-order chi connectivity index (χ0) is 14.3. The van der Waals surface area contributed by atoms with Crippen molar-refractivity contribution in [2.75, 3.05) is 0 Å². The molecule has 0 unspecified atom stereocenters. The number of nitrogens with two attached hydrogens (primary N) is 1. The summed E-state index contributed by atoms with van der Waals surface area (Å²) < 4.78 is 2.02. The summed E-state index contributed by atoms with van der Waals surface area (Å²) in [4.78, 5) is 4.46. The SMILES string of the molecule is Cc1cc2ncn(-c3ccc(CN)cc3Cl)c2cc1C. The molecule has 0 spiro atoms. The molecule has 3 aromatic rings. The van der Waals surface area contributed by atoms with E-state index in [1.165, 1.54) is 11.1 Å². The van der Waals surface area contributed by atoms with Crippen molar-refractivity contribution in [3.63, 3.8) is 0 Å². The van der Waals surface area contributed by atoms with Crippen LogP contribution in [0.1, 0.15) is 16.7 Å². The minimum atomic E-state index is 0.489. The summed E-state index contributed by atoms with van der Waals surface area (Å²) in [5.74, 6) is 0. The van der Waals surface area contributed by atoms with Gasteiger partial charge in [0.25, 0.3) is 0 Å². The highest BCUT2D eigenvalue weighted by Gasteiger charge is 2.09. The van der Waals surface area contributed by atoms with Crippen LogP contribution in [0.3, 0.4) is 0 Å². The van der Waals surface area contributed by atoms with E-state index in [1.807, 2.05) is 29.1 Å². The minimum Gasteiger partial charge on any atom is -0.326 e. The first-order valence-corrected chi connectivity index (χ1v) is 6.91. The van der Waals surface area contributed by atoms with Crippen molar-refractivity contribution in [3.05, 3.63) is 58.4 Å². The minimum absolute atomic E-state index is 0.489. The number of hydrogen-bond donors (Lipinski definition) is 1. The molecule has 1 aromatic heterocycles. The molecule has 0 saturated heterocycles. The molecule has 0 amide bonds. The Morgan fingerprint density at radius 3 is 2.60 bits per heavy atom. The molecule has 0 atom stereocenters. The topological polar surface area (TPSA) is 43.8 Å². The molecule has 20 heavy (non-hydrogen) atoms. The van der Waals surface area contributed by atoms with E-state index in [-0.39, 0.29) is 0 Å². The highest BCUT2D eigenvalue weighted by molar-refractivity contribution is 6.32. The smallest absolute Gasteiger partial charge is 0.100 e. The predicted molar refractivity (Wildman–Crippen MR) is 83.4 cm³/mol. The Balaban J connectivity index is 2.22. The fourth-order valence-corrected chi connectivity index (χ4v) is 2.62. The van der Waals surface area contributed by atoms with Gasteiger partial charge in [0.1, 0.15) is 6.33 Å². The summed E-state index contributed by atoms with van der Waals surface area (Å²) >= 11 is 6.37. The van der Waals surface area contributed by atoms with Crippen LogP contribution in [0.5, 0.6) is 0 Å². The largest absolute Gasteiger partial charge is 0.326 e. The van der Waals surface area contributed by atoms with Crippen LogP contribution < -0.4 is 5.73 Å².